The van der Waals surface area contributed by atoms with Gasteiger partial charge in [0.2, 0.25) is 0 Å². The highest BCUT2D eigenvalue weighted by Gasteiger charge is 2.22. The van der Waals surface area contributed by atoms with Crippen molar-refractivity contribution >= 4 is 5.97 Å². The van der Waals surface area contributed by atoms with Crippen molar-refractivity contribution in [2.45, 2.75) is 0 Å². The molecule has 0 aliphatic rings. The van der Waals surface area contributed by atoms with Gasteiger partial charge in [-0.05, 0) is 24.3 Å². The number of hydrogen-bond acceptors (Lipinski definition) is 5. The molecular formula is C16H14F3NO4. The predicted molar refractivity (Wildman–Crippen MR) is 78.3 cm³/mol. The molecule has 8 heteroatoms. The molecule has 0 bridgehead atoms. The smallest absolute Gasteiger partial charge is 0.356 e. The van der Waals surface area contributed by atoms with Crippen LogP contribution in [0.3, 0.4) is 0 Å². The van der Waals surface area contributed by atoms with Crippen LogP contribution in [0.15, 0.2) is 24.3 Å². The number of esters is 1. The molecule has 0 aliphatic carbocycles. The van der Waals surface area contributed by atoms with Crippen LogP contribution >= 0.6 is 0 Å². The first-order chi connectivity index (χ1) is 11.5. The fourth-order valence-corrected chi connectivity index (χ4v) is 1.93. The minimum atomic E-state index is -1.13. The Bertz CT molecular complexity index is 752. The van der Waals surface area contributed by atoms with Crippen molar-refractivity contribution in [1.29, 1.82) is 0 Å². The van der Waals surface area contributed by atoms with Crippen LogP contribution in [0, 0.1) is 17.5 Å². The van der Waals surface area contributed by atoms with E-state index in [2.05, 4.69) is 9.72 Å². The van der Waals surface area contributed by atoms with Crippen LogP contribution in [0.2, 0.25) is 0 Å². The van der Waals surface area contributed by atoms with Crippen LogP contribution in [-0.4, -0.2) is 38.4 Å². The second-order valence-electron chi connectivity index (χ2n) is 4.59. The third kappa shape index (κ3) is 3.65. The molecule has 0 atom stereocenters. The Kier molecular flexibility index (Phi) is 5.75. The van der Waals surface area contributed by atoms with Crippen molar-refractivity contribution in [3.63, 3.8) is 0 Å². The number of benzene rings is 1. The van der Waals surface area contributed by atoms with Crippen LogP contribution in [0.25, 0.3) is 11.3 Å². The molecule has 1 aromatic carbocycles. The van der Waals surface area contributed by atoms with E-state index in [9.17, 15) is 18.0 Å². The molecule has 2 aromatic rings. The summed E-state index contributed by atoms with van der Waals surface area (Å²) in [6.45, 7) is 0.215. The number of ether oxygens (including phenoxy) is 3. The van der Waals surface area contributed by atoms with E-state index in [1.165, 1.54) is 7.11 Å². The average molecular weight is 341 g/mol. The molecule has 1 heterocycles. The first kappa shape index (κ1) is 17.7. The highest BCUT2D eigenvalue weighted by Crippen LogP contribution is 2.32. The van der Waals surface area contributed by atoms with Crippen LogP contribution in [0.1, 0.15) is 10.5 Å². The summed E-state index contributed by atoms with van der Waals surface area (Å²) < 4.78 is 56.9. The van der Waals surface area contributed by atoms with Gasteiger partial charge in [-0.1, -0.05) is 0 Å². The monoisotopic (exact) mass is 341 g/mol. The quantitative estimate of drug-likeness (QED) is 0.597. The fourth-order valence-electron chi connectivity index (χ4n) is 1.93. The zero-order valence-electron chi connectivity index (χ0n) is 12.9. The Balaban J connectivity index is 2.51. The molecule has 24 heavy (non-hydrogen) atoms. The van der Waals surface area contributed by atoms with Gasteiger partial charge in [-0.3, -0.25) is 0 Å². The second-order valence-corrected chi connectivity index (χ2v) is 4.59. The SMILES string of the molecule is COCCOc1ccc(F)c(-c2nc(C(=O)OC)ccc2F)c1F. The van der Waals surface area contributed by atoms with Crippen molar-refractivity contribution < 1.29 is 32.2 Å². The largest absolute Gasteiger partial charge is 0.488 e. The molecule has 0 saturated carbocycles. The first-order valence-corrected chi connectivity index (χ1v) is 6.84. The number of carbonyl (C=O) groups excluding carboxylic acids is 1. The maximum Gasteiger partial charge on any atom is 0.356 e. The number of aromatic nitrogens is 1. The summed E-state index contributed by atoms with van der Waals surface area (Å²) in [6, 6.07) is 3.93. The first-order valence-electron chi connectivity index (χ1n) is 6.84. The number of pyridine rings is 1. The van der Waals surface area contributed by atoms with Crippen LogP contribution in [-0.2, 0) is 9.47 Å². The van der Waals surface area contributed by atoms with E-state index in [0.717, 1.165) is 31.4 Å². The predicted octanol–water partition coefficient (Wildman–Crippen LogP) is 2.98. The second kappa shape index (κ2) is 7.78. The zero-order valence-corrected chi connectivity index (χ0v) is 12.9. The van der Waals surface area contributed by atoms with E-state index >= 15 is 0 Å². The van der Waals surface area contributed by atoms with Crippen molar-refractivity contribution in [2.24, 2.45) is 0 Å². The number of rotatable bonds is 6. The van der Waals surface area contributed by atoms with Crippen molar-refractivity contribution in [2.75, 3.05) is 27.4 Å². The topological polar surface area (TPSA) is 57.7 Å². The molecule has 0 aliphatic heterocycles. The zero-order chi connectivity index (χ0) is 17.7. The number of methoxy groups -OCH3 is 2. The van der Waals surface area contributed by atoms with Crippen molar-refractivity contribution in [3.8, 4) is 17.0 Å². The Hall–Kier alpha value is -2.61. The molecule has 128 valence electrons. The van der Waals surface area contributed by atoms with Crippen LogP contribution < -0.4 is 4.74 Å². The molecule has 0 radical (unpaired) electrons. The Morgan fingerprint density at radius 2 is 1.75 bits per heavy atom. The fraction of sp³-hybridized carbons (Fsp3) is 0.250. The van der Waals surface area contributed by atoms with Crippen LogP contribution in [0.4, 0.5) is 13.2 Å². The van der Waals surface area contributed by atoms with Gasteiger partial charge in [0.25, 0.3) is 0 Å². The molecule has 1 aromatic heterocycles. The summed E-state index contributed by atoms with van der Waals surface area (Å²) in [5.41, 5.74) is -1.66. The standard InChI is InChI=1S/C16H14F3NO4/c1-22-7-8-24-12-6-4-9(17)13(14(12)19)15-10(18)3-5-11(20-15)16(21)23-2/h3-6H,7-8H2,1-2H3. The van der Waals surface area contributed by atoms with E-state index in [1.807, 2.05) is 0 Å². The normalized spacial score (nSPS) is 10.5. The van der Waals surface area contributed by atoms with Crippen LogP contribution in [0.5, 0.6) is 5.75 Å². The summed E-state index contributed by atoms with van der Waals surface area (Å²) in [5, 5.41) is 0. The van der Waals surface area contributed by atoms with E-state index in [1.54, 1.807) is 0 Å². The molecule has 0 N–H and O–H groups in total. The Labute approximate surface area is 136 Å². The van der Waals surface area contributed by atoms with Gasteiger partial charge in [-0.2, -0.15) is 0 Å². The summed E-state index contributed by atoms with van der Waals surface area (Å²) in [7, 11) is 2.55. The third-order valence-electron chi connectivity index (χ3n) is 3.08. The van der Waals surface area contributed by atoms with E-state index in [0.29, 0.717) is 0 Å². The van der Waals surface area contributed by atoms with Gasteiger partial charge in [0, 0.05) is 7.11 Å². The van der Waals surface area contributed by atoms with Gasteiger partial charge in [0.05, 0.1) is 19.3 Å². The molecule has 0 saturated heterocycles. The Morgan fingerprint density at radius 3 is 2.42 bits per heavy atom. The summed E-state index contributed by atoms with van der Waals surface area (Å²) in [6.07, 6.45) is 0. The molecule has 2 rings (SSSR count). The summed E-state index contributed by atoms with van der Waals surface area (Å²) >= 11 is 0. The number of carbonyl (C=O) groups is 1. The highest BCUT2D eigenvalue weighted by molar-refractivity contribution is 5.88. The van der Waals surface area contributed by atoms with E-state index in [4.69, 9.17) is 9.47 Å². The summed E-state index contributed by atoms with van der Waals surface area (Å²) in [5.74, 6) is -4.30. The number of hydrogen-bond donors (Lipinski definition) is 0. The third-order valence-corrected chi connectivity index (χ3v) is 3.08. The molecule has 0 amide bonds. The average Bonchev–Trinajstić information content (AvgIpc) is 2.58. The van der Waals surface area contributed by atoms with Gasteiger partial charge in [0.15, 0.2) is 11.6 Å². The Morgan fingerprint density at radius 1 is 1.04 bits per heavy atom. The van der Waals surface area contributed by atoms with Crippen molar-refractivity contribution in [3.05, 3.63) is 47.4 Å². The molecule has 5 nitrogen and oxygen atoms in total. The molecular weight excluding hydrogens is 327 g/mol. The van der Waals surface area contributed by atoms with Gasteiger partial charge in [0.1, 0.15) is 29.6 Å². The van der Waals surface area contributed by atoms with Crippen molar-refractivity contribution in [1.82, 2.24) is 4.98 Å². The lowest BCUT2D eigenvalue weighted by atomic mass is 10.1. The number of halogens is 3. The summed E-state index contributed by atoms with van der Waals surface area (Å²) in [4.78, 5) is 15.1. The van der Waals surface area contributed by atoms with Gasteiger partial charge in [-0.25, -0.2) is 22.9 Å². The minimum Gasteiger partial charge on any atom is -0.488 e. The highest BCUT2D eigenvalue weighted by atomic mass is 19.1. The maximum absolute atomic E-state index is 14.5. The van der Waals surface area contributed by atoms with Gasteiger partial charge in [-0.15, -0.1) is 0 Å². The lowest BCUT2D eigenvalue weighted by molar-refractivity contribution is 0.0594. The maximum atomic E-state index is 14.5. The minimum absolute atomic E-state index is 0.0244. The molecule has 0 spiro atoms. The van der Waals surface area contributed by atoms with Gasteiger partial charge < -0.3 is 14.2 Å². The molecule has 0 fully saturated rings. The lowest BCUT2D eigenvalue weighted by Gasteiger charge is -2.12. The van der Waals surface area contributed by atoms with E-state index < -0.39 is 34.7 Å². The lowest BCUT2D eigenvalue weighted by Crippen LogP contribution is -2.09. The van der Waals surface area contributed by atoms with E-state index in [-0.39, 0.29) is 24.7 Å². The number of nitrogens with zero attached hydrogens (tertiary/aromatic N) is 1. The molecule has 0 unspecified atom stereocenters. The van der Waals surface area contributed by atoms with Gasteiger partial charge >= 0.3 is 5.97 Å².